The van der Waals surface area contributed by atoms with Crippen LogP contribution in [0.5, 0.6) is 5.75 Å². The van der Waals surface area contributed by atoms with E-state index in [1.54, 1.807) is 47.2 Å². The van der Waals surface area contributed by atoms with Crippen molar-refractivity contribution in [3.8, 4) is 5.75 Å². The van der Waals surface area contributed by atoms with E-state index in [4.69, 9.17) is 14.2 Å². The third-order valence-corrected chi connectivity index (χ3v) is 6.67. The average molecular weight is 533 g/mol. The highest BCUT2D eigenvalue weighted by atomic mass is 19.1. The molecule has 1 amide bonds. The van der Waals surface area contributed by atoms with E-state index in [0.717, 1.165) is 18.4 Å². The van der Waals surface area contributed by atoms with Gasteiger partial charge in [0.1, 0.15) is 5.65 Å². The van der Waals surface area contributed by atoms with Crippen molar-refractivity contribution in [2.75, 3.05) is 31.5 Å². The molecule has 0 aliphatic carbocycles. The number of methoxy groups -OCH3 is 2. The zero-order valence-electron chi connectivity index (χ0n) is 21.7. The van der Waals surface area contributed by atoms with E-state index in [1.807, 2.05) is 12.1 Å². The first-order valence-electron chi connectivity index (χ1n) is 12.6. The molecule has 202 valence electrons. The number of nitrogens with one attached hydrogen (secondary N) is 2. The number of anilines is 2. The van der Waals surface area contributed by atoms with E-state index >= 15 is 0 Å². The summed E-state index contributed by atoms with van der Waals surface area (Å²) in [6.07, 6.45) is 3.35. The van der Waals surface area contributed by atoms with Gasteiger partial charge in [0.05, 0.1) is 44.4 Å². The zero-order chi connectivity index (χ0) is 27.4. The molecule has 2 N–H and O–H groups in total. The minimum absolute atomic E-state index is 0.0882. The second kappa shape index (κ2) is 11.5. The highest BCUT2D eigenvalue weighted by Gasteiger charge is 2.29. The standard InChI is InChI=1S/C29H29FN4O5/c1-37-24-13-18(10-11-23(24)30)15-31-20-14-22-25(33-28(35)19-7-4-3-5-8-19)26(29(36)38-2)34(27(22)32-16-20)17-21-9-6-12-39-21/h3-5,7-8,10-11,13-14,16,21,31H,6,9,12,15,17H2,1-2H3,(H,33,35)/t21-/m0/s1. The van der Waals surface area contributed by atoms with Crippen LogP contribution in [0, 0.1) is 5.82 Å². The first-order chi connectivity index (χ1) is 19.0. The molecule has 39 heavy (non-hydrogen) atoms. The molecule has 10 heteroatoms. The molecule has 2 aromatic heterocycles. The molecule has 4 aromatic rings. The Kier molecular flexibility index (Phi) is 7.74. The lowest BCUT2D eigenvalue weighted by atomic mass is 10.2. The van der Waals surface area contributed by atoms with Crippen molar-refractivity contribution >= 4 is 34.3 Å². The first-order valence-corrected chi connectivity index (χ1v) is 12.6. The summed E-state index contributed by atoms with van der Waals surface area (Å²) >= 11 is 0. The van der Waals surface area contributed by atoms with Crippen LogP contribution < -0.4 is 15.4 Å². The molecular formula is C29H29FN4O5. The maximum atomic E-state index is 13.8. The molecule has 0 unspecified atom stereocenters. The quantitative estimate of drug-likeness (QED) is 0.292. The topological polar surface area (TPSA) is 104 Å². The lowest BCUT2D eigenvalue weighted by Crippen LogP contribution is -2.21. The van der Waals surface area contributed by atoms with E-state index in [1.165, 1.54) is 20.3 Å². The number of hydrogen-bond acceptors (Lipinski definition) is 7. The van der Waals surface area contributed by atoms with Gasteiger partial charge in [-0.2, -0.15) is 0 Å². The van der Waals surface area contributed by atoms with E-state index in [9.17, 15) is 14.0 Å². The smallest absolute Gasteiger partial charge is 0.356 e. The van der Waals surface area contributed by atoms with Crippen LogP contribution in [0.2, 0.25) is 0 Å². The number of nitrogens with zero attached hydrogens (tertiary/aromatic N) is 2. The Morgan fingerprint density at radius 2 is 1.97 bits per heavy atom. The number of carbonyl (C=O) groups is 2. The van der Waals surface area contributed by atoms with E-state index in [-0.39, 0.29) is 23.5 Å². The van der Waals surface area contributed by atoms with Gasteiger partial charge in [-0.3, -0.25) is 4.79 Å². The van der Waals surface area contributed by atoms with Gasteiger partial charge in [0.25, 0.3) is 5.91 Å². The van der Waals surface area contributed by atoms with Crippen molar-refractivity contribution in [1.82, 2.24) is 9.55 Å². The van der Waals surface area contributed by atoms with Crippen LogP contribution in [-0.2, 0) is 22.6 Å². The van der Waals surface area contributed by atoms with E-state index < -0.39 is 11.8 Å². The minimum Gasteiger partial charge on any atom is -0.494 e. The summed E-state index contributed by atoms with van der Waals surface area (Å²) in [4.78, 5) is 30.9. The molecule has 1 saturated heterocycles. The maximum Gasteiger partial charge on any atom is 0.356 e. The molecule has 3 heterocycles. The summed E-state index contributed by atoms with van der Waals surface area (Å²) in [5.74, 6) is -1.25. The Labute approximate surface area is 224 Å². The summed E-state index contributed by atoms with van der Waals surface area (Å²) in [5.41, 5.74) is 2.91. The fraction of sp³-hybridized carbons (Fsp3) is 0.276. The summed E-state index contributed by atoms with van der Waals surface area (Å²) in [6, 6.07) is 15.2. The molecule has 1 aliphatic heterocycles. The van der Waals surface area contributed by atoms with Gasteiger partial charge in [-0.1, -0.05) is 24.3 Å². The molecule has 1 atom stereocenters. The Balaban J connectivity index is 1.55. The molecule has 0 radical (unpaired) electrons. The van der Waals surface area contributed by atoms with Crippen molar-refractivity contribution in [3.63, 3.8) is 0 Å². The van der Waals surface area contributed by atoms with Crippen molar-refractivity contribution in [2.45, 2.75) is 32.0 Å². The summed E-state index contributed by atoms with van der Waals surface area (Å²) in [6.45, 7) is 1.41. The first kappa shape index (κ1) is 26.2. The predicted molar refractivity (Wildman–Crippen MR) is 145 cm³/mol. The molecule has 0 spiro atoms. The zero-order valence-corrected chi connectivity index (χ0v) is 21.7. The number of rotatable bonds is 9. The number of fused-ring (bicyclic) bond motifs is 1. The van der Waals surface area contributed by atoms with Crippen LogP contribution in [0.3, 0.4) is 0 Å². The van der Waals surface area contributed by atoms with Crippen molar-refractivity contribution in [1.29, 1.82) is 0 Å². The molecule has 0 bridgehead atoms. The van der Waals surface area contributed by atoms with Crippen molar-refractivity contribution in [3.05, 3.63) is 83.4 Å². The largest absolute Gasteiger partial charge is 0.494 e. The van der Waals surface area contributed by atoms with Crippen LogP contribution >= 0.6 is 0 Å². The summed E-state index contributed by atoms with van der Waals surface area (Å²) in [5, 5.41) is 6.77. The highest BCUT2D eigenvalue weighted by molar-refractivity contribution is 6.14. The molecule has 1 fully saturated rings. The monoisotopic (exact) mass is 532 g/mol. The Morgan fingerprint density at radius 1 is 1.15 bits per heavy atom. The van der Waals surface area contributed by atoms with Crippen LogP contribution in [-0.4, -0.2) is 48.4 Å². The van der Waals surface area contributed by atoms with Crippen LogP contribution in [0.1, 0.15) is 39.3 Å². The number of halogens is 1. The van der Waals surface area contributed by atoms with Gasteiger partial charge in [-0.25, -0.2) is 14.2 Å². The number of ether oxygens (including phenoxy) is 3. The fourth-order valence-corrected chi connectivity index (χ4v) is 4.72. The van der Waals surface area contributed by atoms with Crippen LogP contribution in [0.25, 0.3) is 11.0 Å². The second-order valence-corrected chi connectivity index (χ2v) is 9.20. The van der Waals surface area contributed by atoms with Crippen LogP contribution in [0.4, 0.5) is 15.8 Å². The lowest BCUT2D eigenvalue weighted by Gasteiger charge is -2.14. The normalized spacial score (nSPS) is 14.8. The molecule has 9 nitrogen and oxygen atoms in total. The minimum atomic E-state index is -0.595. The molecular weight excluding hydrogens is 503 g/mol. The van der Waals surface area contributed by atoms with Gasteiger partial charge in [0.15, 0.2) is 17.3 Å². The number of pyridine rings is 1. The Bertz CT molecular complexity index is 1500. The number of esters is 1. The average Bonchev–Trinajstić information content (AvgIpc) is 3.59. The number of carbonyl (C=O) groups excluding carboxylic acids is 2. The van der Waals surface area contributed by atoms with E-state index in [2.05, 4.69) is 15.6 Å². The highest BCUT2D eigenvalue weighted by Crippen LogP contribution is 2.34. The second-order valence-electron chi connectivity index (χ2n) is 9.20. The third kappa shape index (κ3) is 5.56. The SMILES string of the molecule is COC(=O)c1c(NC(=O)c2ccccc2)c2cc(NCc3ccc(F)c(OC)c3)cnc2n1C[C@@H]1CCCO1. The molecule has 2 aromatic carbocycles. The third-order valence-electron chi connectivity index (χ3n) is 6.67. The molecule has 0 saturated carbocycles. The number of hydrogen-bond donors (Lipinski definition) is 2. The van der Waals surface area contributed by atoms with Crippen LogP contribution in [0.15, 0.2) is 60.8 Å². The number of amides is 1. The van der Waals surface area contributed by atoms with Gasteiger partial charge in [0.2, 0.25) is 0 Å². The van der Waals surface area contributed by atoms with Crippen molar-refractivity contribution in [2.24, 2.45) is 0 Å². The molecule has 1 aliphatic rings. The Morgan fingerprint density at radius 3 is 2.69 bits per heavy atom. The summed E-state index contributed by atoms with van der Waals surface area (Å²) in [7, 11) is 2.72. The van der Waals surface area contributed by atoms with Gasteiger partial charge >= 0.3 is 5.97 Å². The van der Waals surface area contributed by atoms with Crippen molar-refractivity contribution < 1.29 is 28.2 Å². The number of benzene rings is 2. The van der Waals surface area contributed by atoms with Gasteiger partial charge in [-0.05, 0) is 48.7 Å². The van der Waals surface area contributed by atoms with Gasteiger partial charge < -0.3 is 29.4 Å². The lowest BCUT2D eigenvalue weighted by molar-refractivity contribution is 0.0580. The Hall–Kier alpha value is -4.44. The van der Waals surface area contributed by atoms with Gasteiger partial charge in [0, 0.05) is 24.1 Å². The summed E-state index contributed by atoms with van der Waals surface area (Å²) < 4.78 is 31.6. The number of aromatic nitrogens is 2. The maximum absolute atomic E-state index is 13.8. The molecule has 5 rings (SSSR count). The fourth-order valence-electron chi connectivity index (χ4n) is 4.72. The van der Waals surface area contributed by atoms with Gasteiger partial charge in [-0.15, -0.1) is 0 Å². The van der Waals surface area contributed by atoms with E-state index in [0.29, 0.717) is 47.7 Å². The predicted octanol–water partition coefficient (Wildman–Crippen LogP) is 5.01.